The van der Waals surface area contributed by atoms with Crippen molar-refractivity contribution in [2.75, 3.05) is 21.3 Å². The van der Waals surface area contributed by atoms with Crippen LogP contribution in [0.4, 0.5) is 0 Å². The number of rotatable bonds is 10. The summed E-state index contributed by atoms with van der Waals surface area (Å²) in [5.41, 5.74) is -0.951. The van der Waals surface area contributed by atoms with E-state index in [1.807, 2.05) is 6.92 Å². The molecule has 0 heterocycles. The second-order valence-electron chi connectivity index (χ2n) is 6.68. The SMILES string of the molecule is CCCC(C)(C)C(Cl)(C(Cl)(Cl)C(Cl)(Cl)C(Cl)(Cl)C(Cl)(Cl)Cl)[Si](OC)(OC)OC.N. The minimum Gasteiger partial charge on any atom is -0.376 e. The third-order valence-electron chi connectivity index (χ3n) is 4.61. The number of hydrogen-bond donors (Lipinski definition) is 1. The van der Waals surface area contributed by atoms with E-state index in [1.165, 1.54) is 21.3 Å². The molecule has 0 radical (unpaired) electrons. The topological polar surface area (TPSA) is 62.7 Å². The Bertz CT molecular complexity index is 532. The van der Waals surface area contributed by atoms with Gasteiger partial charge in [-0.2, -0.15) is 0 Å². The van der Waals surface area contributed by atoms with Crippen LogP contribution in [-0.4, -0.2) is 51.4 Å². The Kier molecular flexibility index (Phi) is 13.1. The highest BCUT2D eigenvalue weighted by Crippen LogP contribution is 2.70. The van der Waals surface area contributed by atoms with E-state index in [9.17, 15) is 0 Å². The van der Waals surface area contributed by atoms with Crippen LogP contribution in [0.3, 0.4) is 0 Å². The van der Waals surface area contributed by atoms with Gasteiger partial charge in [-0.25, -0.2) is 0 Å². The lowest BCUT2D eigenvalue weighted by molar-refractivity contribution is 0.0677. The molecule has 0 amide bonds. The fraction of sp³-hybridized carbons (Fsp3) is 1.00. The first-order valence-electron chi connectivity index (χ1n) is 7.79. The molecule has 4 nitrogen and oxygen atoms in total. The molecule has 0 aromatic carbocycles. The molecule has 29 heavy (non-hydrogen) atoms. The summed E-state index contributed by atoms with van der Waals surface area (Å²) in [6.07, 6.45) is 1.17. The molecule has 0 saturated carbocycles. The van der Waals surface area contributed by atoms with E-state index in [-0.39, 0.29) is 6.15 Å². The summed E-state index contributed by atoms with van der Waals surface area (Å²) in [5, 5.41) is 0. The van der Waals surface area contributed by atoms with Crippen LogP contribution >= 0.6 is 116 Å². The van der Waals surface area contributed by atoms with Gasteiger partial charge in [0.05, 0.1) is 0 Å². The monoisotopic (exact) mass is 633 g/mol. The van der Waals surface area contributed by atoms with Gasteiger partial charge in [0.25, 0.3) is 0 Å². The van der Waals surface area contributed by atoms with Gasteiger partial charge in [-0.05, 0) is 11.8 Å². The summed E-state index contributed by atoms with van der Waals surface area (Å²) in [4.78, 5) is 0. The van der Waals surface area contributed by atoms with Gasteiger partial charge in [0.15, 0.2) is 17.5 Å². The molecule has 0 aromatic heterocycles. The van der Waals surface area contributed by atoms with Crippen molar-refractivity contribution in [2.24, 2.45) is 5.41 Å². The van der Waals surface area contributed by atoms with E-state index < -0.39 is 35.5 Å². The molecule has 15 heteroatoms. The van der Waals surface area contributed by atoms with Crippen LogP contribution in [0.5, 0.6) is 0 Å². The predicted molar refractivity (Wildman–Crippen MR) is 133 cm³/mol. The van der Waals surface area contributed by atoms with Gasteiger partial charge in [0.2, 0.25) is 3.79 Å². The highest BCUT2D eigenvalue weighted by molar-refractivity contribution is 6.84. The molecule has 0 aliphatic heterocycles. The van der Waals surface area contributed by atoms with Crippen LogP contribution in [0.25, 0.3) is 0 Å². The first-order valence-corrected chi connectivity index (χ1v) is 13.3. The zero-order valence-corrected chi connectivity index (χ0v) is 25.2. The molecular formula is C14H25Cl10NO3Si. The molecule has 178 valence electrons. The molecule has 1 unspecified atom stereocenters. The maximum absolute atomic E-state index is 7.17. The molecule has 0 spiro atoms. The third kappa shape index (κ3) is 5.30. The van der Waals surface area contributed by atoms with Gasteiger partial charge in [-0.3, -0.25) is 0 Å². The quantitative estimate of drug-likeness (QED) is 0.194. The molecule has 3 N–H and O–H groups in total. The summed E-state index contributed by atoms with van der Waals surface area (Å²) >= 11 is 64.1. The Balaban J connectivity index is 0. The molecule has 0 bridgehead atoms. The number of hydrogen-bond acceptors (Lipinski definition) is 4. The van der Waals surface area contributed by atoms with E-state index in [2.05, 4.69) is 0 Å². The van der Waals surface area contributed by atoms with Crippen molar-refractivity contribution in [1.82, 2.24) is 6.15 Å². The maximum Gasteiger partial charge on any atom is 0.526 e. The molecular weight excluding hydrogens is 613 g/mol. The summed E-state index contributed by atoms with van der Waals surface area (Å²) in [5.74, 6) is 0. The van der Waals surface area contributed by atoms with E-state index >= 15 is 0 Å². The predicted octanol–water partition coefficient (Wildman–Crippen LogP) is 8.26. The van der Waals surface area contributed by atoms with Crippen LogP contribution in [0, 0.1) is 5.41 Å². The lowest BCUT2D eigenvalue weighted by Crippen LogP contribution is -2.78. The zero-order chi connectivity index (χ0) is 23.0. The first kappa shape index (κ1) is 34.1. The second kappa shape index (κ2) is 11.1. The third-order valence-corrected chi connectivity index (χ3v) is 15.7. The van der Waals surface area contributed by atoms with E-state index in [0.717, 1.165) is 0 Å². The van der Waals surface area contributed by atoms with E-state index in [1.54, 1.807) is 13.8 Å². The fourth-order valence-electron chi connectivity index (χ4n) is 3.09. The van der Waals surface area contributed by atoms with Crippen LogP contribution in [0.1, 0.15) is 33.6 Å². The van der Waals surface area contributed by atoms with Crippen molar-refractivity contribution in [3.8, 4) is 0 Å². The van der Waals surface area contributed by atoms with Gasteiger partial charge in [0.1, 0.15) is 0 Å². The summed E-state index contributed by atoms with van der Waals surface area (Å²) in [6.45, 7) is 5.47. The van der Waals surface area contributed by atoms with Gasteiger partial charge >= 0.3 is 8.80 Å². The molecule has 0 rings (SSSR count). The van der Waals surface area contributed by atoms with Gasteiger partial charge in [-0.1, -0.05) is 132 Å². The smallest absolute Gasteiger partial charge is 0.376 e. The Morgan fingerprint density at radius 2 is 1.00 bits per heavy atom. The van der Waals surface area contributed by atoms with Crippen molar-refractivity contribution >= 4 is 125 Å². The Morgan fingerprint density at radius 3 is 1.24 bits per heavy atom. The van der Waals surface area contributed by atoms with Crippen molar-refractivity contribution < 1.29 is 13.3 Å². The summed E-state index contributed by atoms with van der Waals surface area (Å²) in [6, 6.07) is 0. The lowest BCUT2D eigenvalue weighted by atomic mass is 9.80. The van der Waals surface area contributed by atoms with Crippen LogP contribution < -0.4 is 6.15 Å². The van der Waals surface area contributed by atoms with Crippen LogP contribution in [0.2, 0.25) is 0 Å². The highest BCUT2D eigenvalue weighted by Gasteiger charge is 2.83. The molecule has 0 aliphatic rings. The molecule has 0 saturated heterocycles. The van der Waals surface area contributed by atoms with Gasteiger partial charge in [0, 0.05) is 21.3 Å². The fourth-order valence-corrected chi connectivity index (χ4v) is 10.4. The van der Waals surface area contributed by atoms with Crippen molar-refractivity contribution in [3.05, 3.63) is 0 Å². The van der Waals surface area contributed by atoms with Crippen molar-refractivity contribution in [2.45, 2.75) is 54.9 Å². The van der Waals surface area contributed by atoms with Crippen molar-refractivity contribution in [3.63, 3.8) is 0 Å². The summed E-state index contributed by atoms with van der Waals surface area (Å²) < 4.78 is 4.99. The standard InChI is InChI=1S/C14H22Cl10O3Si.H3N/c1-7-8-9(2,3)13(21,28(25-4,26-5)27-6)11(17,18)10(15,16)12(19,20)14(22,23)24;/h7-8H2,1-6H3;1H3. The van der Waals surface area contributed by atoms with Gasteiger partial charge in [-0.15, -0.1) is 11.6 Å². The number of halogens is 10. The minimum atomic E-state index is -3.94. The van der Waals surface area contributed by atoms with Crippen molar-refractivity contribution in [1.29, 1.82) is 0 Å². The van der Waals surface area contributed by atoms with Crippen LogP contribution in [0.15, 0.2) is 0 Å². The van der Waals surface area contributed by atoms with E-state index in [4.69, 9.17) is 129 Å². The Hall–Kier alpha value is 2.96. The second-order valence-corrected chi connectivity index (χ2v) is 16.9. The number of alkyl halides is 10. The highest BCUT2D eigenvalue weighted by atomic mass is 35.6. The maximum atomic E-state index is 7.17. The molecule has 1 atom stereocenters. The lowest BCUT2D eigenvalue weighted by Gasteiger charge is -2.58. The summed E-state index contributed by atoms with van der Waals surface area (Å²) in [7, 11) is 0.0473. The Labute approximate surface area is 224 Å². The van der Waals surface area contributed by atoms with Crippen LogP contribution in [-0.2, 0) is 13.3 Å². The average molecular weight is 638 g/mol. The van der Waals surface area contributed by atoms with E-state index in [0.29, 0.717) is 12.8 Å². The Morgan fingerprint density at radius 1 is 0.655 bits per heavy atom. The minimum absolute atomic E-state index is 0. The molecule has 0 aromatic rings. The largest absolute Gasteiger partial charge is 0.526 e. The zero-order valence-electron chi connectivity index (χ0n) is 16.6. The normalized spacial score (nSPS) is 17.0. The first-order chi connectivity index (χ1) is 12.2. The molecule has 0 aliphatic carbocycles. The molecule has 0 fully saturated rings. The average Bonchev–Trinajstić information content (AvgIpc) is 2.54. The van der Waals surface area contributed by atoms with Gasteiger partial charge < -0.3 is 19.4 Å².